The molecule has 3 atom stereocenters. The van der Waals surface area contributed by atoms with Gasteiger partial charge in [-0.15, -0.1) is 0 Å². The fourth-order valence-electron chi connectivity index (χ4n) is 3.06. The summed E-state index contributed by atoms with van der Waals surface area (Å²) < 4.78 is 0. The second kappa shape index (κ2) is 3.87. The first-order valence-corrected chi connectivity index (χ1v) is 6.35. The van der Waals surface area contributed by atoms with Crippen molar-refractivity contribution in [1.82, 2.24) is 0 Å². The van der Waals surface area contributed by atoms with Crippen molar-refractivity contribution in [1.29, 1.82) is 0 Å². The predicted octanol–water partition coefficient (Wildman–Crippen LogP) is 4.89. The topological polar surface area (TPSA) is 0 Å². The lowest BCUT2D eigenvalue weighted by Crippen LogP contribution is -2.21. The van der Waals surface area contributed by atoms with Gasteiger partial charge in [0.15, 0.2) is 0 Å². The Balaban J connectivity index is 2.46. The van der Waals surface area contributed by atoms with Gasteiger partial charge in [0.05, 0.1) is 0 Å². The van der Waals surface area contributed by atoms with Crippen molar-refractivity contribution in [3.63, 3.8) is 0 Å². The van der Waals surface area contributed by atoms with E-state index >= 15 is 0 Å². The van der Waals surface area contributed by atoms with Crippen LogP contribution >= 0.6 is 0 Å². The van der Waals surface area contributed by atoms with Crippen LogP contribution in [0.5, 0.6) is 0 Å². The normalized spacial score (nSPS) is 33.9. The maximum atomic E-state index is 2.49. The average molecular weight is 196 g/mol. The lowest BCUT2D eigenvalue weighted by Gasteiger charge is -2.29. The highest BCUT2D eigenvalue weighted by molar-refractivity contribution is 5.09. The van der Waals surface area contributed by atoms with Gasteiger partial charge in [0.1, 0.15) is 0 Å². The minimum atomic E-state index is 0.604. The monoisotopic (exact) mass is 196 g/mol. The molecule has 0 aromatic carbocycles. The van der Waals surface area contributed by atoms with E-state index < -0.39 is 0 Å². The molecule has 14 heavy (non-hydrogen) atoms. The number of unbranched alkanes of at least 4 members (excludes halogenated alkanes) is 1. The van der Waals surface area contributed by atoms with Gasteiger partial charge in [-0.3, -0.25) is 0 Å². The molecule has 0 saturated heterocycles. The summed E-state index contributed by atoms with van der Waals surface area (Å²) in [5.74, 6) is 1.80. The van der Waals surface area contributed by atoms with Crippen LogP contribution in [-0.4, -0.2) is 0 Å². The molecule has 0 spiro atoms. The average Bonchev–Trinajstić information content (AvgIpc) is 2.62. The molecule has 0 nitrogen and oxygen atoms in total. The highest BCUT2D eigenvalue weighted by Gasteiger charge is 2.60. The first kappa shape index (κ1) is 12.1. The van der Waals surface area contributed by atoms with E-state index in [9.17, 15) is 0 Å². The highest BCUT2D eigenvalue weighted by Crippen LogP contribution is 2.68. The molecule has 3 unspecified atom stereocenters. The van der Waals surface area contributed by atoms with Gasteiger partial charge in [0.2, 0.25) is 0 Å². The molecule has 0 aliphatic heterocycles. The Bertz CT molecular complexity index is 192. The van der Waals surface area contributed by atoms with Crippen LogP contribution in [0.25, 0.3) is 0 Å². The van der Waals surface area contributed by atoms with Crippen molar-refractivity contribution in [2.24, 2.45) is 22.7 Å². The number of rotatable bonds is 5. The quantitative estimate of drug-likeness (QED) is 0.587. The van der Waals surface area contributed by atoms with Crippen LogP contribution in [0.2, 0.25) is 0 Å². The van der Waals surface area contributed by atoms with Gasteiger partial charge < -0.3 is 0 Å². The van der Waals surface area contributed by atoms with Gasteiger partial charge >= 0.3 is 0 Å². The molecule has 1 rings (SSSR count). The van der Waals surface area contributed by atoms with Gasteiger partial charge in [-0.05, 0) is 29.1 Å². The molecule has 0 aromatic rings. The molecule has 1 saturated carbocycles. The smallest absolute Gasteiger partial charge is 0.0241 e. The zero-order chi connectivity index (χ0) is 11.0. The zero-order valence-corrected chi connectivity index (χ0v) is 11.0. The van der Waals surface area contributed by atoms with Crippen LogP contribution in [-0.2, 0) is 0 Å². The first-order chi connectivity index (χ1) is 6.35. The third kappa shape index (κ3) is 1.99. The molecule has 1 aliphatic rings. The minimum Gasteiger partial charge on any atom is -0.0654 e. The minimum absolute atomic E-state index is 0.604. The third-order valence-electron chi connectivity index (χ3n) is 5.10. The molecular weight excluding hydrogens is 168 g/mol. The first-order valence-electron chi connectivity index (χ1n) is 6.35. The van der Waals surface area contributed by atoms with E-state index in [2.05, 4.69) is 41.5 Å². The standard InChI is InChI=1S/C14H28/c1-7-8-9-11(2)12(3)14(6)10-13(14,4)5/h11-12H,7-10H2,1-6H3. The summed E-state index contributed by atoms with van der Waals surface area (Å²) in [5, 5.41) is 0. The van der Waals surface area contributed by atoms with Crippen molar-refractivity contribution in [3.05, 3.63) is 0 Å². The molecule has 84 valence electrons. The second-order valence-corrected chi connectivity index (χ2v) is 6.39. The van der Waals surface area contributed by atoms with E-state index in [4.69, 9.17) is 0 Å². The zero-order valence-electron chi connectivity index (χ0n) is 11.0. The molecular formula is C14H28. The number of hydrogen-bond acceptors (Lipinski definition) is 0. The second-order valence-electron chi connectivity index (χ2n) is 6.39. The van der Waals surface area contributed by atoms with E-state index in [0.717, 1.165) is 11.8 Å². The van der Waals surface area contributed by atoms with Gasteiger partial charge in [-0.1, -0.05) is 60.8 Å². The largest absolute Gasteiger partial charge is 0.0654 e. The van der Waals surface area contributed by atoms with Crippen molar-refractivity contribution in [3.8, 4) is 0 Å². The molecule has 0 bridgehead atoms. The van der Waals surface area contributed by atoms with Crippen molar-refractivity contribution in [2.45, 2.75) is 67.2 Å². The summed E-state index contributed by atoms with van der Waals surface area (Å²) >= 11 is 0. The van der Waals surface area contributed by atoms with E-state index in [0.29, 0.717) is 10.8 Å². The summed E-state index contributed by atoms with van der Waals surface area (Å²) in [4.78, 5) is 0. The molecule has 0 N–H and O–H groups in total. The van der Waals surface area contributed by atoms with Crippen LogP contribution in [0.15, 0.2) is 0 Å². The van der Waals surface area contributed by atoms with E-state index in [1.807, 2.05) is 0 Å². The van der Waals surface area contributed by atoms with Gasteiger partial charge in [-0.2, -0.15) is 0 Å². The number of hydrogen-bond donors (Lipinski definition) is 0. The van der Waals surface area contributed by atoms with E-state index in [1.165, 1.54) is 25.7 Å². The fourth-order valence-corrected chi connectivity index (χ4v) is 3.06. The fraction of sp³-hybridized carbons (Fsp3) is 1.00. The molecule has 0 aromatic heterocycles. The lowest BCUT2D eigenvalue weighted by atomic mass is 9.76. The van der Waals surface area contributed by atoms with Crippen LogP contribution in [0.1, 0.15) is 67.2 Å². The van der Waals surface area contributed by atoms with Crippen molar-refractivity contribution >= 4 is 0 Å². The molecule has 0 heterocycles. The van der Waals surface area contributed by atoms with Crippen LogP contribution in [0.3, 0.4) is 0 Å². The van der Waals surface area contributed by atoms with Gasteiger partial charge in [0, 0.05) is 0 Å². The summed E-state index contributed by atoms with van der Waals surface area (Å²) in [6.45, 7) is 14.5. The van der Waals surface area contributed by atoms with E-state index in [1.54, 1.807) is 0 Å². The Morgan fingerprint density at radius 1 is 1.14 bits per heavy atom. The SMILES string of the molecule is CCCCC(C)C(C)C1(C)CC1(C)C. The van der Waals surface area contributed by atoms with E-state index in [-0.39, 0.29) is 0 Å². The Morgan fingerprint density at radius 3 is 2.00 bits per heavy atom. The lowest BCUT2D eigenvalue weighted by molar-refractivity contribution is 0.202. The summed E-state index contributed by atoms with van der Waals surface area (Å²) in [6.07, 6.45) is 5.60. The molecule has 0 heteroatoms. The van der Waals surface area contributed by atoms with Gasteiger partial charge in [0.25, 0.3) is 0 Å². The highest BCUT2D eigenvalue weighted by atomic mass is 14.6. The Labute approximate surface area is 90.5 Å². The molecule has 1 aliphatic carbocycles. The Kier molecular flexibility index (Phi) is 3.33. The molecule has 1 fully saturated rings. The third-order valence-corrected chi connectivity index (χ3v) is 5.10. The van der Waals surface area contributed by atoms with Gasteiger partial charge in [-0.25, -0.2) is 0 Å². The maximum absolute atomic E-state index is 2.49. The maximum Gasteiger partial charge on any atom is -0.0241 e. The molecule has 0 amide bonds. The summed E-state index contributed by atoms with van der Waals surface area (Å²) in [6, 6.07) is 0. The van der Waals surface area contributed by atoms with Crippen LogP contribution < -0.4 is 0 Å². The van der Waals surface area contributed by atoms with Crippen LogP contribution in [0.4, 0.5) is 0 Å². The summed E-state index contributed by atoms with van der Waals surface area (Å²) in [5.41, 5.74) is 1.23. The Hall–Kier alpha value is 0. The molecule has 0 radical (unpaired) electrons. The van der Waals surface area contributed by atoms with Crippen LogP contribution in [0, 0.1) is 22.7 Å². The Morgan fingerprint density at radius 2 is 1.64 bits per heavy atom. The summed E-state index contributed by atoms with van der Waals surface area (Å²) in [7, 11) is 0. The predicted molar refractivity (Wildman–Crippen MR) is 64.4 cm³/mol. The van der Waals surface area contributed by atoms with Crippen molar-refractivity contribution in [2.75, 3.05) is 0 Å². The van der Waals surface area contributed by atoms with Crippen molar-refractivity contribution < 1.29 is 0 Å².